The number of para-hydroxylation sites is 1. The summed E-state index contributed by atoms with van der Waals surface area (Å²) in [5.41, 5.74) is 1.32. The predicted octanol–water partition coefficient (Wildman–Crippen LogP) is 6.05. The van der Waals surface area contributed by atoms with Crippen LogP contribution in [0.3, 0.4) is 0 Å². The molecule has 1 unspecified atom stereocenters. The maximum Gasteiger partial charge on any atom is 0.338 e. The Labute approximate surface area is 151 Å². The van der Waals surface area contributed by atoms with E-state index in [1.54, 1.807) is 36.4 Å². The first kappa shape index (κ1) is 17.1. The van der Waals surface area contributed by atoms with Gasteiger partial charge in [-0.15, -0.1) is 0 Å². The van der Waals surface area contributed by atoms with Gasteiger partial charge in [-0.2, -0.15) is 0 Å². The van der Waals surface area contributed by atoms with E-state index in [0.717, 1.165) is 5.56 Å². The Morgan fingerprint density at radius 1 is 0.880 bits per heavy atom. The van der Waals surface area contributed by atoms with Gasteiger partial charge in [0.25, 0.3) is 0 Å². The number of ether oxygens (including phenoxy) is 2. The van der Waals surface area contributed by atoms with E-state index in [9.17, 15) is 4.79 Å². The lowest BCUT2D eigenvalue weighted by molar-refractivity contribution is 0.0337. The molecule has 0 aromatic heterocycles. The zero-order valence-electron chi connectivity index (χ0n) is 13.7. The molecule has 0 amide bonds. The molecule has 0 aliphatic rings. The molecule has 3 aromatic rings. The van der Waals surface area contributed by atoms with Gasteiger partial charge in [-0.25, -0.2) is 4.79 Å². The molecule has 0 heterocycles. The second kappa shape index (κ2) is 7.86. The first-order valence-electron chi connectivity index (χ1n) is 7.91. The van der Waals surface area contributed by atoms with Crippen LogP contribution in [0.1, 0.15) is 28.9 Å². The highest BCUT2D eigenvalue weighted by Gasteiger charge is 2.14. The van der Waals surface area contributed by atoms with Crippen LogP contribution in [0, 0.1) is 0 Å². The Morgan fingerprint density at radius 2 is 1.56 bits per heavy atom. The molecule has 0 N–H and O–H groups in total. The topological polar surface area (TPSA) is 35.5 Å². The van der Waals surface area contributed by atoms with Gasteiger partial charge < -0.3 is 9.47 Å². The Hall–Kier alpha value is -2.78. The van der Waals surface area contributed by atoms with Crippen molar-refractivity contribution in [1.29, 1.82) is 0 Å². The average molecular weight is 353 g/mol. The van der Waals surface area contributed by atoms with E-state index in [0.29, 0.717) is 22.1 Å². The van der Waals surface area contributed by atoms with Crippen LogP contribution in [0.2, 0.25) is 5.02 Å². The van der Waals surface area contributed by atoms with Crippen LogP contribution in [0.4, 0.5) is 0 Å². The SMILES string of the molecule is CC(OC(=O)c1cccc(Oc2ccccc2)c1)c1ccc(Cl)cc1. The molecule has 0 spiro atoms. The van der Waals surface area contributed by atoms with Crippen molar-refractivity contribution in [3.05, 3.63) is 95.0 Å². The molecule has 0 radical (unpaired) electrons. The number of carbonyl (C=O) groups is 1. The van der Waals surface area contributed by atoms with Gasteiger partial charge in [0, 0.05) is 5.02 Å². The minimum absolute atomic E-state index is 0.372. The van der Waals surface area contributed by atoms with E-state index < -0.39 is 5.97 Å². The summed E-state index contributed by atoms with van der Waals surface area (Å²) in [6.45, 7) is 1.82. The summed E-state index contributed by atoms with van der Waals surface area (Å²) in [4.78, 5) is 12.4. The van der Waals surface area contributed by atoms with Crippen LogP contribution >= 0.6 is 11.6 Å². The van der Waals surface area contributed by atoms with Crippen molar-refractivity contribution in [3.8, 4) is 11.5 Å². The number of benzene rings is 3. The van der Waals surface area contributed by atoms with Gasteiger partial charge >= 0.3 is 5.97 Å². The van der Waals surface area contributed by atoms with Crippen molar-refractivity contribution in [2.24, 2.45) is 0 Å². The molecule has 4 heteroatoms. The van der Waals surface area contributed by atoms with Gasteiger partial charge in [0.2, 0.25) is 0 Å². The third-order valence-electron chi connectivity index (χ3n) is 3.67. The van der Waals surface area contributed by atoms with Crippen molar-refractivity contribution < 1.29 is 14.3 Å². The fourth-order valence-corrected chi connectivity index (χ4v) is 2.47. The lowest BCUT2D eigenvalue weighted by atomic mass is 10.1. The number of rotatable bonds is 5. The lowest BCUT2D eigenvalue weighted by Gasteiger charge is -2.14. The van der Waals surface area contributed by atoms with Crippen LogP contribution < -0.4 is 4.74 Å². The normalized spacial score (nSPS) is 11.6. The molecule has 1 atom stereocenters. The van der Waals surface area contributed by atoms with E-state index >= 15 is 0 Å². The molecule has 0 fully saturated rings. The molecular weight excluding hydrogens is 336 g/mol. The quantitative estimate of drug-likeness (QED) is 0.524. The molecule has 0 aliphatic carbocycles. The average Bonchev–Trinajstić information content (AvgIpc) is 2.63. The molecule has 25 heavy (non-hydrogen) atoms. The van der Waals surface area contributed by atoms with Crippen molar-refractivity contribution in [2.45, 2.75) is 13.0 Å². The highest BCUT2D eigenvalue weighted by molar-refractivity contribution is 6.30. The summed E-state index contributed by atoms with van der Waals surface area (Å²) in [5.74, 6) is 0.892. The minimum Gasteiger partial charge on any atom is -0.457 e. The van der Waals surface area contributed by atoms with Crippen LogP contribution in [-0.4, -0.2) is 5.97 Å². The molecule has 0 saturated carbocycles. The molecule has 3 rings (SSSR count). The number of halogens is 1. The first-order chi connectivity index (χ1) is 12.1. The van der Waals surface area contributed by atoms with E-state index in [1.807, 2.05) is 49.4 Å². The number of esters is 1. The number of hydrogen-bond acceptors (Lipinski definition) is 3. The third kappa shape index (κ3) is 4.61. The lowest BCUT2D eigenvalue weighted by Crippen LogP contribution is -2.09. The summed E-state index contributed by atoms with van der Waals surface area (Å²) in [6, 6.07) is 23.6. The third-order valence-corrected chi connectivity index (χ3v) is 3.92. The number of carbonyl (C=O) groups excluding carboxylic acids is 1. The highest BCUT2D eigenvalue weighted by Crippen LogP contribution is 2.24. The monoisotopic (exact) mass is 352 g/mol. The molecule has 3 aromatic carbocycles. The van der Waals surface area contributed by atoms with Crippen molar-refractivity contribution >= 4 is 17.6 Å². The van der Waals surface area contributed by atoms with Crippen molar-refractivity contribution in [2.75, 3.05) is 0 Å². The van der Waals surface area contributed by atoms with Crippen LogP contribution in [0.5, 0.6) is 11.5 Å². The second-order valence-electron chi connectivity index (χ2n) is 5.54. The largest absolute Gasteiger partial charge is 0.457 e. The Bertz CT molecular complexity index is 845. The Kier molecular flexibility index (Phi) is 5.36. The Balaban J connectivity index is 1.69. The zero-order chi connectivity index (χ0) is 17.6. The van der Waals surface area contributed by atoms with Gasteiger partial charge in [-0.3, -0.25) is 0 Å². The van der Waals surface area contributed by atoms with Crippen LogP contribution in [-0.2, 0) is 4.74 Å². The van der Waals surface area contributed by atoms with Gasteiger partial charge in [0.05, 0.1) is 5.56 Å². The Morgan fingerprint density at radius 3 is 2.28 bits per heavy atom. The molecule has 3 nitrogen and oxygen atoms in total. The molecule has 126 valence electrons. The maximum absolute atomic E-state index is 12.4. The summed E-state index contributed by atoms with van der Waals surface area (Å²) in [6.07, 6.45) is -0.372. The van der Waals surface area contributed by atoms with Crippen molar-refractivity contribution in [1.82, 2.24) is 0 Å². The first-order valence-corrected chi connectivity index (χ1v) is 8.29. The van der Waals surface area contributed by atoms with E-state index in [-0.39, 0.29) is 6.10 Å². The minimum atomic E-state index is -0.402. The summed E-state index contributed by atoms with van der Waals surface area (Å²) >= 11 is 5.88. The van der Waals surface area contributed by atoms with Crippen LogP contribution in [0.25, 0.3) is 0 Å². The smallest absolute Gasteiger partial charge is 0.338 e. The fraction of sp³-hybridized carbons (Fsp3) is 0.0952. The molecule has 0 aliphatic heterocycles. The van der Waals surface area contributed by atoms with E-state index in [4.69, 9.17) is 21.1 Å². The molecular formula is C21H17ClO3. The standard InChI is InChI=1S/C21H17ClO3/c1-15(16-10-12-18(22)13-11-16)24-21(23)17-6-5-9-20(14-17)25-19-7-3-2-4-8-19/h2-15H,1H3. The number of hydrogen-bond donors (Lipinski definition) is 0. The maximum atomic E-state index is 12.4. The zero-order valence-corrected chi connectivity index (χ0v) is 14.4. The van der Waals surface area contributed by atoms with Crippen molar-refractivity contribution in [3.63, 3.8) is 0 Å². The second-order valence-corrected chi connectivity index (χ2v) is 5.98. The summed E-state index contributed by atoms with van der Waals surface area (Å²) in [7, 11) is 0. The summed E-state index contributed by atoms with van der Waals surface area (Å²) in [5, 5.41) is 0.646. The van der Waals surface area contributed by atoms with E-state index in [2.05, 4.69) is 0 Å². The van der Waals surface area contributed by atoms with Gasteiger partial charge in [0.15, 0.2) is 0 Å². The molecule has 0 bridgehead atoms. The predicted molar refractivity (Wildman–Crippen MR) is 98.2 cm³/mol. The van der Waals surface area contributed by atoms with Gasteiger partial charge in [-0.1, -0.05) is 48.0 Å². The van der Waals surface area contributed by atoms with E-state index in [1.165, 1.54) is 0 Å². The molecule has 0 saturated heterocycles. The highest BCUT2D eigenvalue weighted by atomic mass is 35.5. The van der Waals surface area contributed by atoms with Gasteiger partial charge in [0.1, 0.15) is 17.6 Å². The fourth-order valence-electron chi connectivity index (χ4n) is 2.34. The summed E-state index contributed by atoms with van der Waals surface area (Å²) < 4.78 is 11.3. The van der Waals surface area contributed by atoms with Crippen LogP contribution in [0.15, 0.2) is 78.9 Å². The van der Waals surface area contributed by atoms with Gasteiger partial charge in [-0.05, 0) is 55.0 Å².